The number of anilines is 3. The van der Waals surface area contributed by atoms with Crippen molar-refractivity contribution in [1.82, 2.24) is 9.97 Å². The highest BCUT2D eigenvalue weighted by Gasteiger charge is 2.15. The molecular weight excluding hydrogens is 493 g/mol. The third kappa shape index (κ3) is 5.90. The summed E-state index contributed by atoms with van der Waals surface area (Å²) in [5.74, 6) is 0.371. The Labute approximate surface area is 212 Å². The number of hydrogen-bond acceptors (Lipinski definition) is 6. The first kappa shape index (κ1) is 24.1. The number of benzene rings is 3. The number of nitrogens with one attached hydrogen (secondary N) is 1. The van der Waals surface area contributed by atoms with E-state index >= 15 is 0 Å². The van der Waals surface area contributed by atoms with Gasteiger partial charge in [0, 0.05) is 22.8 Å². The van der Waals surface area contributed by atoms with Gasteiger partial charge in [0.15, 0.2) is 0 Å². The van der Waals surface area contributed by atoms with Gasteiger partial charge in [-0.05, 0) is 47.0 Å². The van der Waals surface area contributed by atoms with Gasteiger partial charge in [0.25, 0.3) is 0 Å². The molecule has 0 spiro atoms. The van der Waals surface area contributed by atoms with Crippen molar-refractivity contribution in [3.8, 4) is 11.1 Å². The van der Waals surface area contributed by atoms with Crippen LogP contribution in [0.25, 0.3) is 11.1 Å². The van der Waals surface area contributed by atoms with Crippen LogP contribution in [0.5, 0.6) is 0 Å². The molecule has 9 heteroatoms. The third-order valence-electron chi connectivity index (χ3n) is 5.14. The monoisotopic (exact) mass is 513 g/mol. The number of nitrogens with two attached hydrogens (primary N) is 2. The Morgan fingerprint density at radius 1 is 0.824 bits per heavy atom. The van der Waals surface area contributed by atoms with Gasteiger partial charge in [-0.1, -0.05) is 71.2 Å². The van der Waals surface area contributed by atoms with Crippen molar-refractivity contribution in [2.75, 3.05) is 16.8 Å². The molecule has 3 aromatic carbocycles. The number of hydrogen-bond donors (Lipinski definition) is 3. The van der Waals surface area contributed by atoms with Crippen molar-refractivity contribution in [1.29, 1.82) is 0 Å². The Morgan fingerprint density at radius 3 is 2.29 bits per heavy atom. The summed E-state index contributed by atoms with van der Waals surface area (Å²) in [7, 11) is 0. The van der Waals surface area contributed by atoms with E-state index in [1.54, 1.807) is 6.07 Å². The second kappa shape index (κ2) is 10.9. The lowest BCUT2D eigenvalue weighted by molar-refractivity contribution is 0.105. The summed E-state index contributed by atoms with van der Waals surface area (Å²) in [5, 5.41) is 5.04. The van der Waals surface area contributed by atoms with Crippen LogP contribution in [-0.4, -0.2) is 9.97 Å². The van der Waals surface area contributed by atoms with Gasteiger partial charge in [-0.3, -0.25) is 0 Å². The largest absolute Gasteiger partial charge is 0.383 e. The number of aromatic nitrogens is 2. The molecule has 0 atom stereocenters. The average molecular weight is 515 g/mol. The van der Waals surface area contributed by atoms with Crippen LogP contribution < -0.4 is 16.8 Å². The van der Waals surface area contributed by atoms with Gasteiger partial charge in [-0.25, -0.2) is 4.98 Å². The summed E-state index contributed by atoms with van der Waals surface area (Å²) < 4.78 is 5.87. The number of nitrogen functional groups attached to an aromatic ring is 2. The van der Waals surface area contributed by atoms with Crippen molar-refractivity contribution < 1.29 is 4.74 Å². The number of ether oxygens (including phenoxy) is 1. The van der Waals surface area contributed by atoms with Crippen LogP contribution in [0.3, 0.4) is 0 Å². The summed E-state index contributed by atoms with van der Waals surface area (Å²) >= 11 is 18.3. The lowest BCUT2D eigenvalue weighted by atomic mass is 10.0. The number of rotatable bonds is 8. The van der Waals surface area contributed by atoms with Crippen molar-refractivity contribution in [2.45, 2.75) is 19.8 Å². The van der Waals surface area contributed by atoms with E-state index in [1.807, 2.05) is 60.7 Å². The van der Waals surface area contributed by atoms with Gasteiger partial charge in [0.2, 0.25) is 5.95 Å². The van der Waals surface area contributed by atoms with E-state index in [4.69, 9.17) is 51.0 Å². The molecule has 0 bridgehead atoms. The van der Waals surface area contributed by atoms with Gasteiger partial charge in [0.1, 0.15) is 5.82 Å². The predicted octanol–water partition coefficient (Wildman–Crippen LogP) is 6.60. The van der Waals surface area contributed by atoms with Gasteiger partial charge in [-0.15, -0.1) is 0 Å². The first-order valence-electron chi connectivity index (χ1n) is 10.4. The minimum Gasteiger partial charge on any atom is -0.383 e. The molecule has 5 N–H and O–H groups in total. The molecule has 0 saturated carbocycles. The molecular formula is C25H22Cl3N5O. The molecule has 1 aromatic heterocycles. The molecule has 0 aliphatic carbocycles. The van der Waals surface area contributed by atoms with Crippen LogP contribution in [0.1, 0.15) is 16.8 Å². The SMILES string of the molecule is Nc1nc(N)c(-c2ccc(NCc3ccc(Cl)cc3)cc2)c(COCc2cccc(Cl)c2Cl)n1. The lowest BCUT2D eigenvalue weighted by Gasteiger charge is -2.14. The first-order chi connectivity index (χ1) is 16.4. The Hall–Kier alpha value is -3.03. The van der Waals surface area contributed by atoms with Gasteiger partial charge < -0.3 is 21.5 Å². The molecule has 0 amide bonds. The van der Waals surface area contributed by atoms with Crippen molar-refractivity contribution in [3.63, 3.8) is 0 Å². The third-order valence-corrected chi connectivity index (χ3v) is 6.25. The molecule has 4 aromatic rings. The molecule has 1 heterocycles. The van der Waals surface area contributed by atoms with E-state index in [-0.39, 0.29) is 25.0 Å². The van der Waals surface area contributed by atoms with Crippen molar-refractivity contribution >= 4 is 52.3 Å². The Morgan fingerprint density at radius 2 is 1.56 bits per heavy atom. The van der Waals surface area contributed by atoms with E-state index < -0.39 is 0 Å². The minimum atomic E-state index is 0.0851. The average Bonchev–Trinajstić information content (AvgIpc) is 2.82. The molecule has 0 fully saturated rings. The van der Waals surface area contributed by atoms with E-state index in [9.17, 15) is 0 Å². The van der Waals surface area contributed by atoms with Gasteiger partial charge in [0.05, 0.1) is 29.0 Å². The highest BCUT2D eigenvalue weighted by molar-refractivity contribution is 6.42. The lowest BCUT2D eigenvalue weighted by Crippen LogP contribution is -2.08. The highest BCUT2D eigenvalue weighted by Crippen LogP contribution is 2.31. The highest BCUT2D eigenvalue weighted by atomic mass is 35.5. The van der Waals surface area contributed by atoms with E-state index in [2.05, 4.69) is 15.3 Å². The molecule has 174 valence electrons. The maximum atomic E-state index is 6.25. The van der Waals surface area contributed by atoms with Gasteiger partial charge in [-0.2, -0.15) is 4.98 Å². The fraction of sp³-hybridized carbons (Fsp3) is 0.120. The van der Waals surface area contributed by atoms with Crippen LogP contribution in [0.2, 0.25) is 15.1 Å². The zero-order valence-electron chi connectivity index (χ0n) is 18.1. The van der Waals surface area contributed by atoms with Crippen LogP contribution in [0.15, 0.2) is 66.7 Å². The molecule has 34 heavy (non-hydrogen) atoms. The second-order valence-electron chi connectivity index (χ2n) is 7.55. The van der Waals surface area contributed by atoms with E-state index in [0.29, 0.717) is 32.9 Å². The predicted molar refractivity (Wildman–Crippen MR) is 140 cm³/mol. The Bertz CT molecular complexity index is 1280. The minimum absolute atomic E-state index is 0.0851. The van der Waals surface area contributed by atoms with Gasteiger partial charge >= 0.3 is 0 Å². The topological polar surface area (TPSA) is 99.1 Å². The van der Waals surface area contributed by atoms with E-state index in [0.717, 1.165) is 22.4 Å². The fourth-order valence-corrected chi connectivity index (χ4v) is 3.94. The molecule has 4 rings (SSSR count). The van der Waals surface area contributed by atoms with Crippen molar-refractivity contribution in [3.05, 3.63) is 98.6 Å². The summed E-state index contributed by atoms with van der Waals surface area (Å²) in [4.78, 5) is 8.50. The van der Waals surface area contributed by atoms with Crippen molar-refractivity contribution in [2.24, 2.45) is 0 Å². The molecule has 0 saturated heterocycles. The smallest absolute Gasteiger partial charge is 0.222 e. The number of halogens is 3. The summed E-state index contributed by atoms with van der Waals surface area (Å²) in [5.41, 5.74) is 17.0. The zero-order chi connectivity index (χ0) is 24.1. The normalized spacial score (nSPS) is 10.9. The molecule has 6 nitrogen and oxygen atoms in total. The maximum Gasteiger partial charge on any atom is 0.222 e. The van der Waals surface area contributed by atoms with Crippen LogP contribution in [0, 0.1) is 0 Å². The van der Waals surface area contributed by atoms with Crippen LogP contribution >= 0.6 is 34.8 Å². The first-order valence-corrected chi connectivity index (χ1v) is 11.6. The summed E-state index contributed by atoms with van der Waals surface area (Å²) in [6.45, 7) is 1.11. The quantitative estimate of drug-likeness (QED) is 0.245. The summed E-state index contributed by atoms with van der Waals surface area (Å²) in [6.07, 6.45) is 0. The molecule has 0 radical (unpaired) electrons. The standard InChI is InChI=1S/C25H22Cl3N5O/c26-18-8-4-15(5-9-18)12-31-19-10-6-16(7-11-19)22-21(32-25(30)33-24(22)29)14-34-13-17-2-1-3-20(27)23(17)28/h1-11,31H,12-14H2,(H4,29,30,32,33). The van der Waals surface area contributed by atoms with Crippen LogP contribution in [-0.2, 0) is 24.5 Å². The second-order valence-corrected chi connectivity index (χ2v) is 8.77. The molecule has 0 aliphatic heterocycles. The molecule has 0 aliphatic rings. The number of nitrogens with zero attached hydrogens (tertiary/aromatic N) is 2. The fourth-order valence-electron chi connectivity index (χ4n) is 3.44. The maximum absolute atomic E-state index is 6.25. The summed E-state index contributed by atoms with van der Waals surface area (Å²) in [6, 6.07) is 21.0. The van der Waals surface area contributed by atoms with Crippen LogP contribution in [0.4, 0.5) is 17.5 Å². The Balaban J connectivity index is 1.48. The van der Waals surface area contributed by atoms with E-state index in [1.165, 1.54) is 0 Å². The Kier molecular flexibility index (Phi) is 7.75. The zero-order valence-corrected chi connectivity index (χ0v) is 20.3. The molecule has 0 unspecified atom stereocenters.